The molecule has 9 heavy (non-hydrogen) atoms. The summed E-state index contributed by atoms with van der Waals surface area (Å²) in [5.74, 6) is 4.16. The van der Waals surface area contributed by atoms with E-state index in [-0.39, 0.29) is 4.70 Å². The Labute approximate surface area is 52.8 Å². The molecule has 0 aliphatic heterocycles. The second-order valence-electron chi connectivity index (χ2n) is 0.946. The zero-order valence-corrected chi connectivity index (χ0v) is 5.65. The summed E-state index contributed by atoms with van der Waals surface area (Å²) in [5, 5.41) is 0. The molecule has 0 aliphatic rings. The molecule has 54 valence electrons. The molecule has 0 saturated carbocycles. The van der Waals surface area contributed by atoms with E-state index in [1.807, 2.05) is 0 Å². The van der Waals surface area contributed by atoms with Crippen LogP contribution in [0.2, 0.25) is 0 Å². The first-order chi connectivity index (χ1) is 3.98. The maximum atomic E-state index is 10.0. The molecule has 0 bridgehead atoms. The van der Waals surface area contributed by atoms with Gasteiger partial charge in [0.25, 0.3) is 0 Å². The van der Waals surface area contributed by atoms with Crippen LogP contribution in [0.25, 0.3) is 0 Å². The monoisotopic (exact) mass is 173 g/mol. The van der Waals surface area contributed by atoms with Gasteiger partial charge in [0.15, 0.2) is 4.70 Å². The molecule has 0 fully saturated rings. The fourth-order valence-corrected chi connectivity index (χ4v) is 1.07. The summed E-state index contributed by atoms with van der Waals surface area (Å²) in [6.45, 7) is 0. The largest absolute Gasteiger partial charge is 0.320 e. The van der Waals surface area contributed by atoms with E-state index in [4.69, 9.17) is 0 Å². The summed E-state index contributed by atoms with van der Waals surface area (Å²) in [7, 11) is -6.98. The summed E-state index contributed by atoms with van der Waals surface area (Å²) in [6, 6.07) is 0. The lowest BCUT2D eigenvalue weighted by Crippen LogP contribution is -2.11. The number of rotatable bonds is 2. The van der Waals surface area contributed by atoms with E-state index >= 15 is 0 Å². The van der Waals surface area contributed by atoms with Gasteiger partial charge in [-0.3, -0.25) is 0 Å². The normalized spacial score (nSPS) is 10.8. The first-order valence-corrected chi connectivity index (χ1v) is 4.15. The Morgan fingerprint density at radius 1 is 1.44 bits per heavy atom. The van der Waals surface area contributed by atoms with Gasteiger partial charge in [-0.25, -0.2) is 0 Å². The van der Waals surface area contributed by atoms with Crippen molar-refractivity contribution >= 4 is 25.1 Å². The highest BCUT2D eigenvalue weighted by Gasteiger charge is 2.03. The first kappa shape index (κ1) is 8.56. The Hall–Kier alpha value is -0.440. The van der Waals surface area contributed by atoms with Gasteiger partial charge in [-0.15, -0.1) is 0 Å². The number of hydrogen-bond acceptors (Lipinski definition) is 6. The predicted molar refractivity (Wildman–Crippen MR) is 29.2 cm³/mol. The smallest absolute Gasteiger partial charge is 0.197 e. The highest BCUT2D eigenvalue weighted by Crippen LogP contribution is 1.76. The molecule has 0 amide bonds. The predicted octanol–water partition coefficient (Wildman–Crippen LogP) is -2.15. The number of hydrogen-bond donors (Lipinski definition) is 1. The maximum absolute atomic E-state index is 10.0. The topological polar surface area (TPSA) is 104 Å². The van der Waals surface area contributed by atoms with Crippen LogP contribution in [0.3, 0.4) is 0 Å². The van der Waals surface area contributed by atoms with E-state index in [0.29, 0.717) is 0 Å². The lowest BCUT2D eigenvalue weighted by Gasteiger charge is -1.84. The average molecular weight is 173 g/mol. The molecule has 0 radical (unpaired) electrons. The zero-order valence-electron chi connectivity index (χ0n) is 4.01. The molecule has 0 aromatic heterocycles. The van der Waals surface area contributed by atoms with E-state index in [1.165, 1.54) is 0 Å². The second-order valence-corrected chi connectivity index (χ2v) is 3.41. The van der Waals surface area contributed by atoms with E-state index in [1.54, 1.807) is 0 Å². The molecule has 0 heterocycles. The van der Waals surface area contributed by atoms with E-state index < -0.39 is 20.4 Å². The molecule has 2 N–H and O–H groups in total. The molecule has 0 aliphatic carbocycles. The summed E-state index contributed by atoms with van der Waals surface area (Å²) in [6.07, 6.45) is 0. The first-order valence-electron chi connectivity index (χ1n) is 1.54. The van der Waals surface area contributed by atoms with Crippen molar-refractivity contribution < 1.29 is 21.1 Å². The van der Waals surface area contributed by atoms with E-state index in [2.05, 4.69) is 10.2 Å². The molecule has 0 aromatic carbocycles. The Bertz CT molecular complexity index is 286. The van der Waals surface area contributed by atoms with Crippen LogP contribution in [0.1, 0.15) is 0 Å². The van der Waals surface area contributed by atoms with Gasteiger partial charge in [-0.05, 0) is 0 Å². The van der Waals surface area contributed by atoms with Gasteiger partial charge in [0.1, 0.15) is 0 Å². The van der Waals surface area contributed by atoms with Gasteiger partial charge in [-0.2, -0.15) is 27.0 Å². The quantitative estimate of drug-likeness (QED) is 0.377. The lowest BCUT2D eigenvalue weighted by atomic mass is 11.9. The zero-order chi connectivity index (χ0) is 7.49. The summed E-state index contributed by atoms with van der Waals surface area (Å²) in [4.78, 5) is 0. The van der Waals surface area contributed by atoms with E-state index in [0.717, 1.165) is 0 Å². The van der Waals surface area contributed by atoms with Crippen LogP contribution >= 0.6 is 0 Å². The van der Waals surface area contributed by atoms with Gasteiger partial charge >= 0.3 is 10.1 Å². The van der Waals surface area contributed by atoms with Crippen molar-refractivity contribution in [3.63, 3.8) is 0 Å². The Kier molecular flexibility index (Phi) is 2.77. The SMILES string of the molecule is NOS(=O)(=O)C=S(=O)=O. The Balaban J connectivity index is 4.85. The minimum atomic E-state index is -4.18. The van der Waals surface area contributed by atoms with Crippen LogP contribution < -0.4 is 5.90 Å². The van der Waals surface area contributed by atoms with Crippen molar-refractivity contribution in [3.05, 3.63) is 0 Å². The van der Waals surface area contributed by atoms with Crippen LogP contribution in [-0.4, -0.2) is 21.5 Å². The fourth-order valence-electron chi connectivity index (χ4n) is 0.119. The van der Waals surface area contributed by atoms with Crippen molar-refractivity contribution in [1.29, 1.82) is 0 Å². The van der Waals surface area contributed by atoms with E-state index in [9.17, 15) is 16.8 Å². The highest BCUT2D eigenvalue weighted by atomic mass is 32.3. The van der Waals surface area contributed by atoms with Crippen LogP contribution in [0.4, 0.5) is 0 Å². The molecule has 0 saturated heterocycles. The van der Waals surface area contributed by atoms with Gasteiger partial charge in [-0.1, -0.05) is 0 Å². The summed E-state index contributed by atoms with van der Waals surface area (Å²) in [5.41, 5.74) is 0. The van der Waals surface area contributed by atoms with Crippen molar-refractivity contribution in [2.45, 2.75) is 0 Å². The average Bonchev–Trinajstić information content (AvgIpc) is 1.63. The molecule has 0 unspecified atom stereocenters. The summed E-state index contributed by atoms with van der Waals surface area (Å²) >= 11 is 0. The third kappa shape index (κ3) is 4.09. The van der Waals surface area contributed by atoms with Crippen molar-refractivity contribution in [2.75, 3.05) is 0 Å². The lowest BCUT2D eigenvalue weighted by molar-refractivity contribution is 0.343. The molecule has 0 aromatic rings. The van der Waals surface area contributed by atoms with Crippen LogP contribution in [0.5, 0.6) is 0 Å². The molecule has 8 heteroatoms. The molecule has 0 spiro atoms. The molecule has 6 nitrogen and oxygen atoms in total. The second kappa shape index (κ2) is 2.92. The Morgan fingerprint density at radius 2 is 1.89 bits per heavy atom. The standard InChI is InChI=1S/CH3NO5S2/c2-7-9(5,6)1-8(3)4/h1H,2H2. The number of nitrogens with two attached hydrogens (primary N) is 1. The minimum Gasteiger partial charge on any atom is -0.197 e. The van der Waals surface area contributed by atoms with Crippen LogP contribution in [-0.2, 0) is 24.7 Å². The van der Waals surface area contributed by atoms with Crippen LogP contribution in [0, 0.1) is 0 Å². The van der Waals surface area contributed by atoms with Crippen LogP contribution in [0.15, 0.2) is 0 Å². The molecule has 0 atom stereocenters. The third-order valence-corrected chi connectivity index (χ3v) is 2.17. The maximum Gasteiger partial charge on any atom is 0.320 e. The minimum absolute atomic E-state index is 0.0486. The summed E-state index contributed by atoms with van der Waals surface area (Å²) < 4.78 is 42.5. The van der Waals surface area contributed by atoms with Gasteiger partial charge in [0, 0.05) is 0 Å². The van der Waals surface area contributed by atoms with Gasteiger partial charge in [0.2, 0.25) is 10.3 Å². The highest BCUT2D eigenvalue weighted by molar-refractivity contribution is 8.10. The van der Waals surface area contributed by atoms with Crippen molar-refractivity contribution in [3.8, 4) is 0 Å². The fraction of sp³-hybridized carbons (Fsp3) is 0. The molecular formula is CH3NO5S2. The Morgan fingerprint density at radius 3 is 2.00 bits per heavy atom. The van der Waals surface area contributed by atoms with Gasteiger partial charge < -0.3 is 0 Å². The molecule has 0 rings (SSSR count). The van der Waals surface area contributed by atoms with Crippen molar-refractivity contribution in [2.24, 2.45) is 5.90 Å². The van der Waals surface area contributed by atoms with Gasteiger partial charge in [0.05, 0.1) is 0 Å². The molecular weight excluding hydrogens is 170 g/mol. The third-order valence-electron chi connectivity index (χ3n) is 0.331. The van der Waals surface area contributed by atoms with Crippen molar-refractivity contribution in [1.82, 2.24) is 0 Å².